The lowest BCUT2D eigenvalue weighted by molar-refractivity contribution is -0.198. The van der Waals surface area contributed by atoms with E-state index in [1.165, 1.54) is 0 Å². The Morgan fingerprint density at radius 1 is 0.606 bits per heavy atom. The van der Waals surface area contributed by atoms with Gasteiger partial charge in [0.1, 0.15) is 0 Å². The van der Waals surface area contributed by atoms with Crippen molar-refractivity contribution in [1.29, 1.82) is 0 Å². The van der Waals surface area contributed by atoms with Gasteiger partial charge >= 0.3 is 5.97 Å². The molecule has 12 nitrogen and oxygen atoms in total. The highest BCUT2D eigenvalue weighted by molar-refractivity contribution is 6.01. The summed E-state index contributed by atoms with van der Waals surface area (Å²) in [6.45, 7) is 10.8. The Kier molecular flexibility index (Phi) is 18.6. The summed E-state index contributed by atoms with van der Waals surface area (Å²) in [6.07, 6.45) is 0.0644. The number of hydrogen-bond acceptors (Lipinski definition) is 11. The molecule has 0 unspecified atom stereocenters. The third kappa shape index (κ3) is 16.6. The maximum atomic E-state index is 11.6. The van der Waals surface area contributed by atoms with Gasteiger partial charge in [-0.05, 0) is 6.92 Å². The van der Waals surface area contributed by atoms with Crippen LogP contribution in [0.15, 0.2) is 0 Å². The summed E-state index contributed by atoms with van der Waals surface area (Å²) in [5.41, 5.74) is 0. The fourth-order valence-electron chi connectivity index (χ4n) is 2.36. The van der Waals surface area contributed by atoms with E-state index in [1.807, 2.05) is 0 Å². The Morgan fingerprint density at radius 3 is 1.30 bits per heavy atom. The van der Waals surface area contributed by atoms with Gasteiger partial charge in [-0.2, -0.15) is 0 Å². The molecule has 1 heterocycles. The van der Waals surface area contributed by atoms with Crippen LogP contribution in [0.1, 0.15) is 19.3 Å². The van der Waals surface area contributed by atoms with Gasteiger partial charge in [-0.3, -0.25) is 9.59 Å². The van der Waals surface area contributed by atoms with Gasteiger partial charge in [0.2, 0.25) is 0 Å². The summed E-state index contributed by atoms with van der Waals surface area (Å²) in [5, 5.41) is 0.518. The minimum atomic E-state index is -0.694. The van der Waals surface area contributed by atoms with Crippen LogP contribution >= 0.6 is 0 Å². The van der Waals surface area contributed by atoms with Crippen molar-refractivity contribution in [2.75, 3.05) is 92.5 Å². The molecule has 33 heavy (non-hydrogen) atoms. The molecule has 0 bridgehead atoms. The second-order valence-electron chi connectivity index (χ2n) is 6.54. The van der Waals surface area contributed by atoms with E-state index in [4.69, 9.17) is 44.9 Å². The maximum absolute atomic E-state index is 11.6. The normalized spacial score (nSPS) is 13.8. The molecule has 1 fully saturated rings. The number of nitrogens with zero attached hydrogens (tertiary/aromatic N) is 1. The number of hydrogen-bond donors (Lipinski definition) is 0. The van der Waals surface area contributed by atoms with Crippen molar-refractivity contribution < 1.29 is 52.4 Å². The van der Waals surface area contributed by atoms with E-state index in [2.05, 4.69) is 0 Å². The van der Waals surface area contributed by atoms with E-state index in [0.717, 1.165) is 0 Å². The lowest BCUT2D eigenvalue weighted by Gasteiger charge is -2.12. The van der Waals surface area contributed by atoms with Gasteiger partial charge in [0.05, 0.1) is 98.9 Å². The van der Waals surface area contributed by atoms with Crippen LogP contribution in [-0.4, -0.2) is 115 Å². The molecule has 0 atom stereocenters. The summed E-state index contributed by atoms with van der Waals surface area (Å²) in [5.74, 6) is -1.71. The fraction of sp³-hybridized carbons (Fsp3) is 0.810. The Morgan fingerprint density at radius 2 is 0.939 bits per heavy atom. The number of ether oxygens (including phenoxy) is 7. The number of amides is 2. The molecule has 0 aromatic rings. The maximum Gasteiger partial charge on any atom is 0.335 e. The first kappa shape index (κ1) is 29.4. The monoisotopic (exact) mass is 477 g/mol. The van der Waals surface area contributed by atoms with Gasteiger partial charge in [0.25, 0.3) is 11.8 Å². The summed E-state index contributed by atoms with van der Waals surface area (Å²) >= 11 is 0. The summed E-state index contributed by atoms with van der Waals surface area (Å²) in [6, 6.07) is 0. The number of rotatable bonds is 23. The van der Waals surface area contributed by atoms with Crippen molar-refractivity contribution in [2.45, 2.75) is 19.3 Å². The minimum absolute atomic E-state index is 0.0651. The zero-order chi connectivity index (χ0) is 24.0. The zero-order valence-electron chi connectivity index (χ0n) is 19.0. The lowest BCUT2D eigenvalue weighted by atomic mass is 10.4. The van der Waals surface area contributed by atoms with E-state index in [9.17, 15) is 14.4 Å². The van der Waals surface area contributed by atoms with Crippen molar-refractivity contribution >= 4 is 17.8 Å². The van der Waals surface area contributed by atoms with Gasteiger partial charge in [-0.15, -0.1) is 5.06 Å². The highest BCUT2D eigenvalue weighted by Crippen LogP contribution is 2.12. The molecule has 0 N–H and O–H groups in total. The average Bonchev–Trinajstić information content (AvgIpc) is 3.12. The predicted molar refractivity (Wildman–Crippen MR) is 112 cm³/mol. The lowest BCUT2D eigenvalue weighted by Crippen LogP contribution is -2.32. The summed E-state index contributed by atoms with van der Waals surface area (Å²) in [4.78, 5) is 39.0. The molecule has 0 aromatic carbocycles. The van der Waals surface area contributed by atoms with Gasteiger partial charge in [-0.25, -0.2) is 4.79 Å². The fourth-order valence-corrected chi connectivity index (χ4v) is 2.36. The predicted octanol–water partition coefficient (Wildman–Crippen LogP) is -0.189. The third-order valence-corrected chi connectivity index (χ3v) is 4.00. The standard InChI is InChI=1S/C21H35NO11/c1-2-26-7-8-28-11-12-30-15-16-32-18-17-31-14-13-29-10-9-27-6-5-21(25)33-22-19(23)3-4-20(22)24/h1H,2-18H2. The van der Waals surface area contributed by atoms with Gasteiger partial charge < -0.3 is 38.0 Å². The average molecular weight is 478 g/mol. The molecule has 2 radical (unpaired) electrons. The topological polar surface area (TPSA) is 128 Å². The molecule has 12 heteroatoms. The van der Waals surface area contributed by atoms with Crippen molar-refractivity contribution in [1.82, 2.24) is 5.06 Å². The molecule has 1 saturated heterocycles. The Balaban J connectivity index is 1.72. The van der Waals surface area contributed by atoms with Crippen LogP contribution < -0.4 is 0 Å². The van der Waals surface area contributed by atoms with E-state index >= 15 is 0 Å². The smallest absolute Gasteiger partial charge is 0.335 e. The number of carbonyl (C=O) groups excluding carboxylic acids is 3. The van der Waals surface area contributed by atoms with Crippen LogP contribution in [0.2, 0.25) is 0 Å². The van der Waals surface area contributed by atoms with E-state index in [0.29, 0.717) is 84.3 Å². The summed E-state index contributed by atoms with van der Waals surface area (Å²) in [7, 11) is 0. The third-order valence-electron chi connectivity index (χ3n) is 4.00. The first-order chi connectivity index (χ1) is 16.1. The SMILES string of the molecule is [CH]COCCOCCOCCOCCOCCOCCOCCC(=O)ON1C(=O)CCC1=O. The number of hydroxylamine groups is 2. The molecular formula is C21H35NO11. The molecule has 2 amide bonds. The van der Waals surface area contributed by atoms with Crippen molar-refractivity contribution in [3.8, 4) is 0 Å². The quantitative estimate of drug-likeness (QED) is 0.143. The highest BCUT2D eigenvalue weighted by Gasteiger charge is 2.32. The van der Waals surface area contributed by atoms with Crippen LogP contribution in [0, 0.1) is 6.92 Å². The molecule has 1 rings (SSSR count). The Hall–Kier alpha value is -1.67. The van der Waals surface area contributed by atoms with Crippen LogP contribution in [0.4, 0.5) is 0 Å². The van der Waals surface area contributed by atoms with Crippen LogP contribution in [0.3, 0.4) is 0 Å². The molecule has 1 aliphatic rings. The van der Waals surface area contributed by atoms with E-state index in [1.54, 1.807) is 0 Å². The Bertz CT molecular complexity index is 516. The minimum Gasteiger partial charge on any atom is -0.379 e. The highest BCUT2D eigenvalue weighted by atomic mass is 16.7. The first-order valence-corrected chi connectivity index (χ1v) is 11.0. The molecular weight excluding hydrogens is 442 g/mol. The van der Waals surface area contributed by atoms with Crippen LogP contribution in [0.5, 0.6) is 0 Å². The molecule has 190 valence electrons. The molecule has 0 aliphatic carbocycles. The van der Waals surface area contributed by atoms with E-state index in [-0.39, 0.29) is 32.5 Å². The molecule has 0 aromatic heterocycles. The van der Waals surface area contributed by atoms with Crippen molar-refractivity contribution in [3.05, 3.63) is 6.92 Å². The van der Waals surface area contributed by atoms with Crippen LogP contribution in [0.25, 0.3) is 0 Å². The molecule has 1 aliphatic heterocycles. The number of imide groups is 1. The van der Waals surface area contributed by atoms with Crippen LogP contribution in [-0.2, 0) is 52.4 Å². The van der Waals surface area contributed by atoms with E-state index < -0.39 is 17.8 Å². The van der Waals surface area contributed by atoms with Gasteiger partial charge in [0.15, 0.2) is 0 Å². The second kappa shape index (κ2) is 20.9. The second-order valence-corrected chi connectivity index (χ2v) is 6.54. The Labute approximate surface area is 194 Å². The largest absolute Gasteiger partial charge is 0.379 e. The zero-order valence-corrected chi connectivity index (χ0v) is 19.0. The van der Waals surface area contributed by atoms with Gasteiger partial charge in [-0.1, -0.05) is 0 Å². The van der Waals surface area contributed by atoms with Gasteiger partial charge in [0, 0.05) is 12.8 Å². The van der Waals surface area contributed by atoms with Crippen molar-refractivity contribution in [3.63, 3.8) is 0 Å². The summed E-state index contributed by atoms with van der Waals surface area (Å²) < 4.78 is 36.9. The first-order valence-electron chi connectivity index (χ1n) is 11.0. The van der Waals surface area contributed by atoms with Crippen molar-refractivity contribution in [2.24, 2.45) is 0 Å². The molecule has 0 spiro atoms. The number of carbonyl (C=O) groups is 3. The molecule has 0 saturated carbocycles.